The van der Waals surface area contributed by atoms with Crippen molar-refractivity contribution >= 4 is 29.2 Å². The summed E-state index contributed by atoms with van der Waals surface area (Å²) >= 11 is 6.19. The van der Waals surface area contributed by atoms with E-state index in [0.717, 1.165) is 11.1 Å². The maximum atomic E-state index is 12.5. The van der Waals surface area contributed by atoms with Crippen LogP contribution in [-0.4, -0.2) is 36.5 Å². The third-order valence-electron chi connectivity index (χ3n) is 4.55. The summed E-state index contributed by atoms with van der Waals surface area (Å²) in [5.74, 6) is -0.810. The van der Waals surface area contributed by atoms with Crippen LogP contribution in [0.15, 0.2) is 24.4 Å². The van der Waals surface area contributed by atoms with Crippen molar-refractivity contribution < 1.29 is 19.4 Å². The van der Waals surface area contributed by atoms with Crippen molar-refractivity contribution in [2.45, 2.75) is 41.0 Å². The number of carbonyl (C=O) groups is 2. The molecular weight excluding hydrogens is 410 g/mol. The molecule has 1 aromatic carbocycles. The van der Waals surface area contributed by atoms with Gasteiger partial charge >= 0.3 is 5.97 Å². The number of nitrogens with one attached hydrogen (secondary N) is 1. The highest BCUT2D eigenvalue weighted by molar-refractivity contribution is 6.32. The van der Waals surface area contributed by atoms with Gasteiger partial charge in [0.2, 0.25) is 0 Å². The van der Waals surface area contributed by atoms with E-state index in [1.807, 2.05) is 32.9 Å². The smallest absolute Gasteiger partial charge is 0.325 e. The maximum absolute atomic E-state index is 12.5. The van der Waals surface area contributed by atoms with Gasteiger partial charge in [-0.1, -0.05) is 11.6 Å². The molecule has 158 valence electrons. The fourth-order valence-corrected chi connectivity index (χ4v) is 3.12. The van der Waals surface area contributed by atoms with E-state index in [1.54, 1.807) is 11.6 Å². The first-order chi connectivity index (χ1) is 14.2. The van der Waals surface area contributed by atoms with Gasteiger partial charge in [-0.2, -0.15) is 10.2 Å². The second-order valence-electron chi connectivity index (χ2n) is 6.94. The second-order valence-corrected chi connectivity index (χ2v) is 7.31. The van der Waals surface area contributed by atoms with E-state index in [2.05, 4.69) is 15.5 Å². The molecule has 0 aliphatic heterocycles. The number of aliphatic carboxylic acids is 1. The Morgan fingerprint density at radius 2 is 1.83 bits per heavy atom. The Bertz CT molecular complexity index is 1100. The van der Waals surface area contributed by atoms with Crippen LogP contribution in [0.2, 0.25) is 5.02 Å². The second kappa shape index (κ2) is 8.58. The number of hydrogen-bond donors (Lipinski definition) is 2. The Hall–Kier alpha value is -3.33. The van der Waals surface area contributed by atoms with Gasteiger partial charge in [0.15, 0.2) is 12.4 Å². The molecular formula is C20H22ClN5O4. The van der Waals surface area contributed by atoms with E-state index in [1.165, 1.54) is 16.9 Å². The van der Waals surface area contributed by atoms with Crippen molar-refractivity contribution in [2.75, 3.05) is 5.32 Å². The SMILES string of the molecule is Cc1cc(OCn2nc(C)c(NC(=O)c3ccn(CC(=O)O)n3)c2C)cc(C)c1Cl. The van der Waals surface area contributed by atoms with E-state index in [0.29, 0.717) is 27.8 Å². The molecule has 0 saturated heterocycles. The maximum Gasteiger partial charge on any atom is 0.325 e. The summed E-state index contributed by atoms with van der Waals surface area (Å²) in [6.45, 7) is 7.27. The molecule has 10 heteroatoms. The summed E-state index contributed by atoms with van der Waals surface area (Å²) in [7, 11) is 0. The van der Waals surface area contributed by atoms with Gasteiger partial charge in [0.1, 0.15) is 12.3 Å². The zero-order valence-electron chi connectivity index (χ0n) is 17.1. The van der Waals surface area contributed by atoms with Crippen LogP contribution in [0.25, 0.3) is 0 Å². The lowest BCUT2D eigenvalue weighted by Crippen LogP contribution is -2.16. The number of amides is 1. The zero-order chi connectivity index (χ0) is 22.0. The summed E-state index contributed by atoms with van der Waals surface area (Å²) in [6.07, 6.45) is 1.44. The van der Waals surface area contributed by atoms with Crippen molar-refractivity contribution in [1.29, 1.82) is 0 Å². The summed E-state index contributed by atoms with van der Waals surface area (Å²) < 4.78 is 8.68. The lowest BCUT2D eigenvalue weighted by Gasteiger charge is -2.11. The molecule has 0 bridgehead atoms. The first-order valence-corrected chi connectivity index (χ1v) is 9.53. The Balaban J connectivity index is 1.71. The standard InChI is InChI=1S/C20H22ClN5O4/c1-11-7-15(8-12(2)18(11)21)30-10-26-14(4)19(13(3)23-26)22-20(29)16-5-6-25(24-16)9-17(27)28/h5-8H,9-10H2,1-4H3,(H,22,29)(H,27,28). The van der Waals surface area contributed by atoms with E-state index in [9.17, 15) is 9.59 Å². The van der Waals surface area contributed by atoms with E-state index >= 15 is 0 Å². The molecule has 0 aliphatic rings. The summed E-state index contributed by atoms with van der Waals surface area (Å²) in [4.78, 5) is 23.3. The quantitative estimate of drug-likeness (QED) is 0.593. The van der Waals surface area contributed by atoms with Crippen molar-refractivity contribution in [3.8, 4) is 5.75 Å². The largest absolute Gasteiger partial charge is 0.480 e. The Morgan fingerprint density at radius 3 is 2.47 bits per heavy atom. The van der Waals surface area contributed by atoms with Crippen LogP contribution in [-0.2, 0) is 18.1 Å². The van der Waals surface area contributed by atoms with Gasteiger partial charge in [-0.25, -0.2) is 4.68 Å². The third kappa shape index (κ3) is 4.62. The van der Waals surface area contributed by atoms with Crippen molar-refractivity contribution in [2.24, 2.45) is 0 Å². The number of carbonyl (C=O) groups excluding carboxylic acids is 1. The topological polar surface area (TPSA) is 111 Å². The molecule has 3 rings (SSSR count). The van der Waals surface area contributed by atoms with Crippen LogP contribution in [0.4, 0.5) is 5.69 Å². The lowest BCUT2D eigenvalue weighted by atomic mass is 10.1. The van der Waals surface area contributed by atoms with Gasteiger partial charge in [-0.3, -0.25) is 14.3 Å². The van der Waals surface area contributed by atoms with Crippen molar-refractivity contribution in [3.05, 3.63) is 57.6 Å². The normalized spacial score (nSPS) is 10.8. The first-order valence-electron chi connectivity index (χ1n) is 9.16. The number of aryl methyl sites for hydroxylation is 3. The Labute approximate surface area is 178 Å². The summed E-state index contributed by atoms with van der Waals surface area (Å²) in [6, 6.07) is 5.18. The molecule has 2 aromatic heterocycles. The molecule has 0 radical (unpaired) electrons. The Kier molecular flexibility index (Phi) is 6.12. The molecule has 3 aromatic rings. The van der Waals surface area contributed by atoms with Gasteiger partial charge in [0, 0.05) is 11.2 Å². The monoisotopic (exact) mass is 431 g/mol. The summed E-state index contributed by atoms with van der Waals surface area (Å²) in [5.41, 5.74) is 3.86. The molecule has 0 fully saturated rings. The van der Waals surface area contributed by atoms with Gasteiger partial charge in [-0.05, 0) is 57.0 Å². The average Bonchev–Trinajstić information content (AvgIpc) is 3.23. The van der Waals surface area contributed by atoms with Crippen LogP contribution in [0.3, 0.4) is 0 Å². The predicted molar refractivity (Wildman–Crippen MR) is 111 cm³/mol. The van der Waals surface area contributed by atoms with Crippen molar-refractivity contribution in [3.63, 3.8) is 0 Å². The van der Waals surface area contributed by atoms with Crippen LogP contribution < -0.4 is 10.1 Å². The van der Waals surface area contributed by atoms with E-state index in [-0.39, 0.29) is 19.0 Å². The number of carboxylic acid groups (broad SMARTS) is 1. The molecule has 9 nitrogen and oxygen atoms in total. The molecule has 2 N–H and O–H groups in total. The number of carboxylic acids is 1. The first kappa shape index (κ1) is 21.4. The number of ether oxygens (including phenoxy) is 1. The van der Waals surface area contributed by atoms with Gasteiger partial charge in [0.05, 0.1) is 17.1 Å². The fourth-order valence-electron chi connectivity index (χ4n) is 3.02. The van der Waals surface area contributed by atoms with Gasteiger partial charge < -0.3 is 15.2 Å². The number of anilines is 1. The fraction of sp³-hybridized carbons (Fsp3) is 0.300. The van der Waals surface area contributed by atoms with Gasteiger partial charge in [-0.15, -0.1) is 0 Å². The highest BCUT2D eigenvalue weighted by Crippen LogP contribution is 2.26. The molecule has 0 unspecified atom stereocenters. The highest BCUT2D eigenvalue weighted by atomic mass is 35.5. The van der Waals surface area contributed by atoms with Gasteiger partial charge in [0.25, 0.3) is 5.91 Å². The lowest BCUT2D eigenvalue weighted by molar-refractivity contribution is -0.137. The molecule has 0 saturated carbocycles. The minimum absolute atomic E-state index is 0.117. The molecule has 1 amide bonds. The summed E-state index contributed by atoms with van der Waals surface area (Å²) in [5, 5.41) is 20.7. The third-order valence-corrected chi connectivity index (χ3v) is 5.15. The minimum Gasteiger partial charge on any atom is -0.480 e. The molecule has 0 aliphatic carbocycles. The van der Waals surface area contributed by atoms with Crippen LogP contribution in [0.5, 0.6) is 5.75 Å². The van der Waals surface area contributed by atoms with E-state index < -0.39 is 11.9 Å². The molecule has 0 spiro atoms. The zero-order valence-corrected chi connectivity index (χ0v) is 17.8. The number of nitrogens with zero attached hydrogens (tertiary/aromatic N) is 4. The van der Waals surface area contributed by atoms with Crippen molar-refractivity contribution in [1.82, 2.24) is 19.6 Å². The number of aromatic nitrogens is 4. The van der Waals surface area contributed by atoms with Crippen LogP contribution in [0, 0.1) is 27.7 Å². The molecule has 30 heavy (non-hydrogen) atoms. The Morgan fingerprint density at radius 1 is 1.17 bits per heavy atom. The number of benzene rings is 1. The number of rotatable bonds is 7. The average molecular weight is 432 g/mol. The molecule has 0 atom stereocenters. The highest BCUT2D eigenvalue weighted by Gasteiger charge is 2.17. The minimum atomic E-state index is -1.04. The van der Waals surface area contributed by atoms with Crippen LogP contribution >= 0.6 is 11.6 Å². The van der Waals surface area contributed by atoms with Crippen LogP contribution in [0.1, 0.15) is 33.0 Å². The predicted octanol–water partition coefficient (Wildman–Crippen LogP) is 3.34. The van der Waals surface area contributed by atoms with E-state index in [4.69, 9.17) is 21.4 Å². The number of hydrogen-bond acceptors (Lipinski definition) is 5. The molecule has 2 heterocycles. The number of halogens is 1.